The first-order chi connectivity index (χ1) is 8.16. The van der Waals surface area contributed by atoms with Crippen molar-refractivity contribution in [2.45, 2.75) is 19.4 Å². The van der Waals surface area contributed by atoms with Gasteiger partial charge in [-0.3, -0.25) is 4.79 Å². The highest BCUT2D eigenvalue weighted by Gasteiger charge is 2.21. The zero-order valence-electron chi connectivity index (χ0n) is 9.87. The summed E-state index contributed by atoms with van der Waals surface area (Å²) in [5.41, 5.74) is 1.12. The predicted octanol–water partition coefficient (Wildman–Crippen LogP) is 2.24. The SMILES string of the molecule is CC(NC(=O)CC1CNC1)c1ccccc1Br. The van der Waals surface area contributed by atoms with E-state index in [9.17, 15) is 4.79 Å². The van der Waals surface area contributed by atoms with Crippen molar-refractivity contribution in [3.8, 4) is 0 Å². The number of nitrogens with one attached hydrogen (secondary N) is 2. The molecule has 2 rings (SSSR count). The Balaban J connectivity index is 1.89. The number of hydrogen-bond acceptors (Lipinski definition) is 2. The maximum absolute atomic E-state index is 11.8. The van der Waals surface area contributed by atoms with Crippen LogP contribution in [0.1, 0.15) is 24.9 Å². The monoisotopic (exact) mass is 296 g/mol. The molecule has 0 aliphatic carbocycles. The molecule has 1 amide bonds. The fourth-order valence-electron chi connectivity index (χ4n) is 1.96. The van der Waals surface area contributed by atoms with Crippen molar-refractivity contribution in [3.63, 3.8) is 0 Å². The Morgan fingerprint density at radius 2 is 2.24 bits per heavy atom. The van der Waals surface area contributed by atoms with Crippen LogP contribution in [0.3, 0.4) is 0 Å². The number of rotatable bonds is 4. The van der Waals surface area contributed by atoms with E-state index in [1.807, 2.05) is 31.2 Å². The molecular weight excluding hydrogens is 280 g/mol. The average molecular weight is 297 g/mol. The number of halogens is 1. The molecule has 4 heteroatoms. The van der Waals surface area contributed by atoms with Crippen LogP contribution in [0.4, 0.5) is 0 Å². The molecule has 1 heterocycles. The van der Waals surface area contributed by atoms with Gasteiger partial charge < -0.3 is 10.6 Å². The molecule has 1 fully saturated rings. The lowest BCUT2D eigenvalue weighted by molar-refractivity contribution is -0.123. The number of carbonyl (C=O) groups is 1. The van der Waals surface area contributed by atoms with Crippen LogP contribution in [-0.2, 0) is 4.79 Å². The van der Waals surface area contributed by atoms with Crippen LogP contribution in [0.5, 0.6) is 0 Å². The molecular formula is C13H17BrN2O. The van der Waals surface area contributed by atoms with Gasteiger partial charge in [-0.1, -0.05) is 34.1 Å². The second-order valence-electron chi connectivity index (χ2n) is 4.54. The molecule has 1 unspecified atom stereocenters. The lowest BCUT2D eigenvalue weighted by Gasteiger charge is -2.27. The Kier molecular flexibility index (Phi) is 4.18. The van der Waals surface area contributed by atoms with E-state index >= 15 is 0 Å². The van der Waals surface area contributed by atoms with Gasteiger partial charge in [0, 0.05) is 10.9 Å². The Morgan fingerprint density at radius 3 is 2.82 bits per heavy atom. The first-order valence-corrected chi connectivity index (χ1v) is 6.70. The first-order valence-electron chi connectivity index (χ1n) is 5.91. The molecule has 2 N–H and O–H groups in total. The van der Waals surface area contributed by atoms with Crippen LogP contribution in [0.2, 0.25) is 0 Å². The molecule has 0 saturated carbocycles. The molecule has 17 heavy (non-hydrogen) atoms. The van der Waals surface area contributed by atoms with E-state index in [0.29, 0.717) is 12.3 Å². The third-order valence-electron chi connectivity index (χ3n) is 3.09. The zero-order chi connectivity index (χ0) is 12.3. The van der Waals surface area contributed by atoms with Gasteiger partial charge in [-0.05, 0) is 37.6 Å². The quantitative estimate of drug-likeness (QED) is 0.895. The highest BCUT2D eigenvalue weighted by molar-refractivity contribution is 9.10. The van der Waals surface area contributed by atoms with Gasteiger partial charge in [-0.25, -0.2) is 0 Å². The number of amides is 1. The van der Waals surface area contributed by atoms with Crippen molar-refractivity contribution < 1.29 is 4.79 Å². The summed E-state index contributed by atoms with van der Waals surface area (Å²) in [6.45, 7) is 3.95. The standard InChI is InChI=1S/C13H17BrN2O/c1-9(11-4-2-3-5-12(11)14)16-13(17)6-10-7-15-8-10/h2-5,9-10,15H,6-8H2,1H3,(H,16,17). The zero-order valence-corrected chi connectivity index (χ0v) is 11.5. The summed E-state index contributed by atoms with van der Waals surface area (Å²) in [7, 11) is 0. The third-order valence-corrected chi connectivity index (χ3v) is 3.81. The van der Waals surface area contributed by atoms with Gasteiger partial charge >= 0.3 is 0 Å². The number of carbonyl (C=O) groups excluding carboxylic acids is 1. The summed E-state index contributed by atoms with van der Waals surface area (Å²) in [4.78, 5) is 11.8. The summed E-state index contributed by atoms with van der Waals surface area (Å²) in [5, 5.41) is 6.21. The molecule has 1 aliphatic rings. The summed E-state index contributed by atoms with van der Waals surface area (Å²) in [6, 6.07) is 8.03. The van der Waals surface area contributed by atoms with Gasteiger partial charge in [-0.2, -0.15) is 0 Å². The van der Waals surface area contributed by atoms with Crippen molar-refractivity contribution in [1.29, 1.82) is 0 Å². The third kappa shape index (κ3) is 3.30. The predicted molar refractivity (Wildman–Crippen MR) is 71.7 cm³/mol. The van der Waals surface area contributed by atoms with E-state index in [4.69, 9.17) is 0 Å². The number of hydrogen-bond donors (Lipinski definition) is 2. The minimum Gasteiger partial charge on any atom is -0.350 e. The summed E-state index contributed by atoms with van der Waals surface area (Å²) >= 11 is 3.50. The molecule has 1 aliphatic heterocycles. The lowest BCUT2D eigenvalue weighted by Crippen LogP contribution is -2.44. The summed E-state index contributed by atoms with van der Waals surface area (Å²) < 4.78 is 1.04. The van der Waals surface area contributed by atoms with Crippen molar-refractivity contribution in [3.05, 3.63) is 34.3 Å². The van der Waals surface area contributed by atoms with Gasteiger partial charge in [0.15, 0.2) is 0 Å². The van der Waals surface area contributed by atoms with E-state index in [-0.39, 0.29) is 11.9 Å². The minimum atomic E-state index is 0.0473. The summed E-state index contributed by atoms with van der Waals surface area (Å²) in [5.74, 6) is 0.654. The molecule has 92 valence electrons. The fraction of sp³-hybridized carbons (Fsp3) is 0.462. The van der Waals surface area contributed by atoms with Gasteiger partial charge in [0.1, 0.15) is 0 Å². The lowest BCUT2D eigenvalue weighted by atomic mass is 9.98. The highest BCUT2D eigenvalue weighted by atomic mass is 79.9. The van der Waals surface area contributed by atoms with Crippen molar-refractivity contribution in [2.24, 2.45) is 5.92 Å². The van der Waals surface area contributed by atoms with Crippen LogP contribution in [0.25, 0.3) is 0 Å². The molecule has 0 spiro atoms. The van der Waals surface area contributed by atoms with Crippen LogP contribution in [0, 0.1) is 5.92 Å². The Bertz CT molecular complexity index is 404. The van der Waals surface area contributed by atoms with Gasteiger partial charge in [-0.15, -0.1) is 0 Å². The van der Waals surface area contributed by atoms with Crippen LogP contribution in [0.15, 0.2) is 28.7 Å². The molecule has 0 bridgehead atoms. The van der Waals surface area contributed by atoms with Gasteiger partial charge in [0.25, 0.3) is 0 Å². The van der Waals surface area contributed by atoms with E-state index in [2.05, 4.69) is 26.6 Å². The average Bonchev–Trinajstić information content (AvgIpc) is 2.24. The maximum atomic E-state index is 11.8. The van der Waals surface area contributed by atoms with Crippen LogP contribution in [-0.4, -0.2) is 19.0 Å². The van der Waals surface area contributed by atoms with Crippen molar-refractivity contribution >= 4 is 21.8 Å². The van der Waals surface area contributed by atoms with Crippen molar-refractivity contribution in [2.75, 3.05) is 13.1 Å². The Hall–Kier alpha value is -0.870. The minimum absolute atomic E-state index is 0.0473. The molecule has 0 aromatic heterocycles. The topological polar surface area (TPSA) is 41.1 Å². The Labute approximate surface area is 110 Å². The molecule has 1 atom stereocenters. The largest absolute Gasteiger partial charge is 0.350 e. The number of benzene rings is 1. The molecule has 1 aromatic carbocycles. The summed E-state index contributed by atoms with van der Waals surface area (Å²) in [6.07, 6.45) is 0.627. The first kappa shape index (κ1) is 12.6. The smallest absolute Gasteiger partial charge is 0.220 e. The normalized spacial score (nSPS) is 17.3. The molecule has 1 aromatic rings. The molecule has 0 radical (unpaired) electrons. The molecule has 1 saturated heterocycles. The van der Waals surface area contributed by atoms with Crippen LogP contribution >= 0.6 is 15.9 Å². The van der Waals surface area contributed by atoms with Crippen molar-refractivity contribution in [1.82, 2.24) is 10.6 Å². The van der Waals surface area contributed by atoms with Crippen LogP contribution < -0.4 is 10.6 Å². The highest BCUT2D eigenvalue weighted by Crippen LogP contribution is 2.23. The van der Waals surface area contributed by atoms with Gasteiger partial charge in [0.2, 0.25) is 5.91 Å². The maximum Gasteiger partial charge on any atom is 0.220 e. The fourth-order valence-corrected chi connectivity index (χ4v) is 2.59. The van der Waals surface area contributed by atoms with E-state index < -0.39 is 0 Å². The van der Waals surface area contributed by atoms with Gasteiger partial charge in [0.05, 0.1) is 6.04 Å². The Morgan fingerprint density at radius 1 is 1.53 bits per heavy atom. The second kappa shape index (κ2) is 5.65. The molecule has 3 nitrogen and oxygen atoms in total. The van der Waals surface area contributed by atoms with E-state index in [1.54, 1.807) is 0 Å². The van der Waals surface area contributed by atoms with E-state index in [1.165, 1.54) is 0 Å². The van der Waals surface area contributed by atoms with E-state index in [0.717, 1.165) is 23.1 Å². The second-order valence-corrected chi connectivity index (χ2v) is 5.39.